The molecule has 4 rings (SSSR count). The largest absolute Gasteiger partial charge is 0.493 e. The highest BCUT2D eigenvalue weighted by atomic mass is 35.5. The second-order valence-corrected chi connectivity index (χ2v) is 10.6. The van der Waals surface area contributed by atoms with E-state index >= 15 is 0 Å². The molecule has 2 aromatic rings. The lowest BCUT2D eigenvalue weighted by molar-refractivity contribution is 0.283. The average molecular weight is 454 g/mol. The summed E-state index contributed by atoms with van der Waals surface area (Å²) in [5, 5.41) is 0.547. The molecule has 2 heterocycles. The van der Waals surface area contributed by atoms with Gasteiger partial charge in [0.1, 0.15) is 16.5 Å². The zero-order valence-electron chi connectivity index (χ0n) is 16.8. The number of ether oxygens (including phenoxy) is 1. The van der Waals surface area contributed by atoms with Gasteiger partial charge in [-0.3, -0.25) is 0 Å². The fraction of sp³-hybridized carbons (Fsp3) is 0.524. The minimum absolute atomic E-state index is 0.299. The van der Waals surface area contributed by atoms with Crippen molar-refractivity contribution in [3.63, 3.8) is 0 Å². The first-order chi connectivity index (χ1) is 14.3. The topological polar surface area (TPSA) is 72.4 Å². The van der Waals surface area contributed by atoms with E-state index in [2.05, 4.69) is 14.9 Å². The van der Waals surface area contributed by atoms with Crippen LogP contribution in [0.3, 0.4) is 0 Å². The molecule has 0 N–H and O–H groups in total. The van der Waals surface area contributed by atoms with Crippen molar-refractivity contribution in [1.82, 2.24) is 9.97 Å². The van der Waals surface area contributed by atoms with E-state index in [1.807, 2.05) is 0 Å². The van der Waals surface area contributed by atoms with Crippen molar-refractivity contribution < 1.29 is 17.5 Å². The smallest absolute Gasteiger partial charge is 0.225 e. The molecule has 30 heavy (non-hydrogen) atoms. The minimum Gasteiger partial charge on any atom is -0.493 e. The summed E-state index contributed by atoms with van der Waals surface area (Å²) in [6, 6.07) is 3.92. The Hall–Kier alpha value is -1.93. The van der Waals surface area contributed by atoms with Crippen molar-refractivity contribution >= 4 is 27.4 Å². The first-order valence-corrected chi connectivity index (χ1v) is 12.4. The van der Waals surface area contributed by atoms with Gasteiger partial charge in [0, 0.05) is 25.4 Å². The summed E-state index contributed by atoms with van der Waals surface area (Å²) in [4.78, 5) is 10.5. The highest BCUT2D eigenvalue weighted by molar-refractivity contribution is 7.90. The van der Waals surface area contributed by atoms with Gasteiger partial charge in [-0.1, -0.05) is 11.6 Å². The van der Waals surface area contributed by atoms with Crippen molar-refractivity contribution in [2.24, 2.45) is 17.8 Å². The van der Waals surface area contributed by atoms with E-state index in [9.17, 15) is 12.8 Å². The predicted molar refractivity (Wildman–Crippen MR) is 113 cm³/mol. The van der Waals surface area contributed by atoms with Crippen molar-refractivity contribution in [2.45, 2.75) is 30.6 Å². The zero-order valence-corrected chi connectivity index (χ0v) is 18.4. The van der Waals surface area contributed by atoms with Crippen LogP contribution < -0.4 is 9.64 Å². The first kappa shape index (κ1) is 21.3. The number of benzene rings is 1. The van der Waals surface area contributed by atoms with Crippen molar-refractivity contribution in [2.75, 3.05) is 30.9 Å². The average Bonchev–Trinajstić information content (AvgIpc) is 3.47. The predicted octanol–water partition coefficient (Wildman–Crippen LogP) is 3.99. The monoisotopic (exact) mass is 453 g/mol. The summed E-state index contributed by atoms with van der Waals surface area (Å²) in [6.07, 6.45) is 8.67. The van der Waals surface area contributed by atoms with Crippen molar-refractivity contribution in [3.05, 3.63) is 41.4 Å². The highest BCUT2D eigenvalue weighted by Gasteiger charge is 2.43. The molecule has 9 heteroatoms. The molecule has 1 aromatic carbocycles. The number of nitrogens with zero attached hydrogens (tertiary/aromatic N) is 3. The van der Waals surface area contributed by atoms with Gasteiger partial charge in [0.15, 0.2) is 9.84 Å². The quantitative estimate of drug-likeness (QED) is 0.631. The van der Waals surface area contributed by atoms with E-state index in [0.717, 1.165) is 56.5 Å². The molecular weight excluding hydrogens is 429 g/mol. The van der Waals surface area contributed by atoms with Crippen LogP contribution in [0.5, 0.6) is 5.75 Å². The normalized spacial score (nSPS) is 22.2. The molecule has 2 aliphatic rings. The number of anilines is 1. The number of hydrogen-bond acceptors (Lipinski definition) is 6. The lowest BCUT2D eigenvalue weighted by atomic mass is 9.90. The van der Waals surface area contributed by atoms with Crippen LogP contribution in [-0.2, 0) is 9.84 Å². The van der Waals surface area contributed by atoms with Gasteiger partial charge < -0.3 is 9.64 Å². The van der Waals surface area contributed by atoms with Gasteiger partial charge in [-0.2, -0.15) is 0 Å². The summed E-state index contributed by atoms with van der Waals surface area (Å²) in [5.41, 5.74) is 0. The number of hydrogen-bond donors (Lipinski definition) is 0. The standard InChI is InChI=1S/C21H25ClFN3O3S/c1-30(27,28)20-3-2-17(11-19(20)23)29-9-6-15-10-18(15)14-4-7-26(8-5-14)21-24-12-16(22)13-25-21/h2-3,11-15,18H,4-10H2,1H3/t15-,18+/m1/s1. The Labute approximate surface area is 181 Å². The van der Waals surface area contributed by atoms with Crippen LogP contribution >= 0.6 is 11.6 Å². The summed E-state index contributed by atoms with van der Waals surface area (Å²) >= 11 is 5.86. The third-order valence-electron chi connectivity index (χ3n) is 6.07. The van der Waals surface area contributed by atoms with Gasteiger partial charge in [-0.15, -0.1) is 0 Å². The van der Waals surface area contributed by atoms with E-state index in [4.69, 9.17) is 16.3 Å². The van der Waals surface area contributed by atoms with Crippen LogP contribution in [0, 0.1) is 23.6 Å². The van der Waals surface area contributed by atoms with Crippen LogP contribution in [-0.4, -0.2) is 44.3 Å². The Bertz CT molecular complexity index is 995. The van der Waals surface area contributed by atoms with E-state index < -0.39 is 15.7 Å². The maximum atomic E-state index is 13.9. The molecular formula is C21H25ClFN3O3S. The second-order valence-electron chi connectivity index (χ2n) is 8.19. The van der Waals surface area contributed by atoms with E-state index in [1.165, 1.54) is 18.6 Å². The molecule has 1 aromatic heterocycles. The Morgan fingerprint density at radius 1 is 1.23 bits per heavy atom. The van der Waals surface area contributed by atoms with Gasteiger partial charge in [0.05, 0.1) is 24.0 Å². The second kappa shape index (κ2) is 8.67. The number of aromatic nitrogens is 2. The van der Waals surface area contributed by atoms with Crippen LogP contribution in [0.2, 0.25) is 5.02 Å². The SMILES string of the molecule is CS(=O)(=O)c1ccc(OCC[C@@H]2C[C@H]2C2CCN(c3ncc(Cl)cn3)CC2)cc1F. The molecule has 162 valence electrons. The maximum absolute atomic E-state index is 13.9. The molecule has 0 unspecified atom stereocenters. The maximum Gasteiger partial charge on any atom is 0.225 e. The molecule has 2 atom stereocenters. The number of halogens is 2. The molecule has 1 aliphatic carbocycles. The van der Waals surface area contributed by atoms with Crippen molar-refractivity contribution in [3.8, 4) is 5.75 Å². The molecule has 0 radical (unpaired) electrons. The van der Waals surface area contributed by atoms with E-state index in [1.54, 1.807) is 12.4 Å². The van der Waals surface area contributed by atoms with Crippen LogP contribution in [0.25, 0.3) is 0 Å². The van der Waals surface area contributed by atoms with Crippen molar-refractivity contribution in [1.29, 1.82) is 0 Å². The molecule has 1 saturated carbocycles. The Kier molecular flexibility index (Phi) is 6.16. The Morgan fingerprint density at radius 3 is 2.57 bits per heavy atom. The zero-order chi connectivity index (χ0) is 21.3. The van der Waals surface area contributed by atoms with Crippen LogP contribution in [0.15, 0.2) is 35.5 Å². The van der Waals surface area contributed by atoms with Crippen LogP contribution in [0.4, 0.5) is 10.3 Å². The van der Waals surface area contributed by atoms with Gasteiger partial charge in [-0.25, -0.2) is 22.8 Å². The molecule has 2 fully saturated rings. The lowest BCUT2D eigenvalue weighted by Crippen LogP contribution is -2.35. The van der Waals surface area contributed by atoms with Gasteiger partial charge in [0.2, 0.25) is 5.95 Å². The summed E-state index contributed by atoms with van der Waals surface area (Å²) in [6.45, 7) is 2.42. The van der Waals surface area contributed by atoms with Gasteiger partial charge in [0.25, 0.3) is 0 Å². The molecule has 0 amide bonds. The third kappa shape index (κ3) is 5.03. The van der Waals surface area contributed by atoms with Gasteiger partial charge in [-0.05, 0) is 55.6 Å². The number of piperidine rings is 1. The summed E-state index contributed by atoms with van der Waals surface area (Å²) in [7, 11) is -3.57. The van der Waals surface area contributed by atoms with Crippen LogP contribution in [0.1, 0.15) is 25.7 Å². The number of rotatable bonds is 7. The fourth-order valence-corrected chi connectivity index (χ4v) is 5.20. The number of sulfone groups is 1. The van der Waals surface area contributed by atoms with E-state index in [0.29, 0.717) is 29.2 Å². The molecule has 0 spiro atoms. The highest BCUT2D eigenvalue weighted by Crippen LogP contribution is 2.49. The molecule has 1 saturated heterocycles. The van der Waals surface area contributed by atoms with Gasteiger partial charge >= 0.3 is 0 Å². The first-order valence-electron chi connectivity index (χ1n) is 10.2. The molecule has 1 aliphatic heterocycles. The summed E-state index contributed by atoms with van der Waals surface area (Å²) in [5.74, 6) is 2.43. The Balaban J connectivity index is 1.20. The van der Waals surface area contributed by atoms with E-state index in [-0.39, 0.29) is 4.90 Å². The third-order valence-corrected chi connectivity index (χ3v) is 7.40. The lowest BCUT2D eigenvalue weighted by Gasteiger charge is -2.32. The summed E-state index contributed by atoms with van der Waals surface area (Å²) < 4.78 is 42.6. The molecule has 6 nitrogen and oxygen atoms in total. The minimum atomic E-state index is -3.57. The fourth-order valence-electron chi connectivity index (χ4n) is 4.38. The Morgan fingerprint density at radius 2 is 1.93 bits per heavy atom. The molecule has 0 bridgehead atoms.